The molecule has 0 N–H and O–H groups in total. The van der Waals surface area contributed by atoms with Crippen LogP contribution in [0.3, 0.4) is 0 Å². The van der Waals surface area contributed by atoms with E-state index in [1.54, 1.807) is 32.2 Å². The molecule has 164 valence electrons. The van der Waals surface area contributed by atoms with Gasteiger partial charge in [0.1, 0.15) is 11.5 Å². The molecule has 0 unspecified atom stereocenters. The number of aryl methyl sites for hydroxylation is 1. The molecule has 0 bridgehead atoms. The molecule has 7 nitrogen and oxygen atoms in total. The van der Waals surface area contributed by atoms with Crippen LogP contribution in [0.25, 0.3) is 11.4 Å². The van der Waals surface area contributed by atoms with Crippen molar-refractivity contribution in [3.8, 4) is 22.9 Å². The molecule has 3 rings (SSSR count). The average Bonchev–Trinajstić information content (AvgIpc) is 3.26. The highest BCUT2D eigenvalue weighted by atomic mass is 16.5. The van der Waals surface area contributed by atoms with Gasteiger partial charge in [-0.25, -0.2) is 0 Å². The molecular weight excluding hydrogens is 394 g/mol. The summed E-state index contributed by atoms with van der Waals surface area (Å²) in [6, 6.07) is 13.7. The van der Waals surface area contributed by atoms with E-state index >= 15 is 0 Å². The first-order valence-electron chi connectivity index (χ1n) is 10.3. The van der Waals surface area contributed by atoms with Gasteiger partial charge in [0, 0.05) is 43.6 Å². The van der Waals surface area contributed by atoms with Crippen LogP contribution in [0, 0.1) is 0 Å². The number of rotatable bonds is 9. The molecule has 0 aliphatic rings. The molecular formula is C24H29N3O4. The van der Waals surface area contributed by atoms with Crippen LogP contribution in [0.2, 0.25) is 0 Å². The van der Waals surface area contributed by atoms with Gasteiger partial charge in [0.05, 0.1) is 14.2 Å². The Labute approximate surface area is 183 Å². The number of ether oxygens (including phenoxy) is 2. The maximum atomic E-state index is 12.6. The fourth-order valence-corrected chi connectivity index (χ4v) is 3.22. The van der Waals surface area contributed by atoms with Crippen molar-refractivity contribution < 1.29 is 18.8 Å². The molecule has 0 saturated carbocycles. The van der Waals surface area contributed by atoms with Crippen molar-refractivity contribution in [1.82, 2.24) is 15.0 Å². The van der Waals surface area contributed by atoms with E-state index in [9.17, 15) is 4.79 Å². The Hall–Kier alpha value is -3.35. The number of amides is 1. The predicted molar refractivity (Wildman–Crippen MR) is 118 cm³/mol. The lowest BCUT2D eigenvalue weighted by molar-refractivity contribution is -0.130. The Morgan fingerprint density at radius 1 is 1.10 bits per heavy atom. The smallest absolute Gasteiger partial charge is 0.227 e. The monoisotopic (exact) mass is 423 g/mol. The molecule has 2 aromatic carbocycles. The number of benzene rings is 2. The Kier molecular flexibility index (Phi) is 7.28. The van der Waals surface area contributed by atoms with Gasteiger partial charge >= 0.3 is 0 Å². The molecule has 0 fully saturated rings. The van der Waals surface area contributed by atoms with Gasteiger partial charge in [-0.3, -0.25) is 4.79 Å². The van der Waals surface area contributed by atoms with Crippen LogP contribution in [0.1, 0.15) is 43.2 Å². The zero-order valence-corrected chi connectivity index (χ0v) is 18.7. The van der Waals surface area contributed by atoms with E-state index in [4.69, 9.17) is 14.0 Å². The number of aromatic nitrogens is 2. The summed E-state index contributed by atoms with van der Waals surface area (Å²) in [4.78, 5) is 18.7. The molecule has 3 aromatic rings. The second-order valence-corrected chi connectivity index (χ2v) is 7.72. The third kappa shape index (κ3) is 5.63. The van der Waals surface area contributed by atoms with Crippen molar-refractivity contribution in [2.24, 2.45) is 0 Å². The first kappa shape index (κ1) is 22.3. The second kappa shape index (κ2) is 10.1. The van der Waals surface area contributed by atoms with E-state index in [0.29, 0.717) is 42.1 Å². The van der Waals surface area contributed by atoms with E-state index in [1.165, 1.54) is 5.56 Å². The molecule has 0 aliphatic carbocycles. The lowest BCUT2D eigenvalue weighted by Gasteiger charge is -2.19. The van der Waals surface area contributed by atoms with E-state index < -0.39 is 0 Å². The van der Waals surface area contributed by atoms with E-state index in [2.05, 4.69) is 36.1 Å². The molecule has 0 saturated heterocycles. The fourth-order valence-electron chi connectivity index (χ4n) is 3.22. The lowest BCUT2D eigenvalue weighted by Crippen LogP contribution is -2.26. The largest absolute Gasteiger partial charge is 0.497 e. The van der Waals surface area contributed by atoms with Crippen molar-refractivity contribution in [2.45, 2.75) is 39.2 Å². The van der Waals surface area contributed by atoms with Gasteiger partial charge in [0.2, 0.25) is 17.6 Å². The maximum absolute atomic E-state index is 12.6. The number of carbonyl (C=O) groups is 1. The fraction of sp³-hybridized carbons (Fsp3) is 0.375. The Balaban J connectivity index is 1.57. The number of hydrogen-bond acceptors (Lipinski definition) is 6. The normalized spacial score (nSPS) is 10.9. The van der Waals surface area contributed by atoms with Crippen LogP contribution in [-0.4, -0.2) is 42.2 Å². The quantitative estimate of drug-likeness (QED) is 0.505. The molecule has 0 aliphatic heterocycles. The standard InChI is InChI=1S/C24H29N3O4/c1-16(2)17-6-8-18(9-7-17)24-25-22(31-26-24)12-13-23(28)27(3)15-19-10-11-20(29-4)14-21(19)30-5/h6-11,14,16H,12-13,15H2,1-5H3. The molecule has 1 heterocycles. The van der Waals surface area contributed by atoms with Crippen molar-refractivity contribution >= 4 is 5.91 Å². The molecule has 0 spiro atoms. The predicted octanol–water partition coefficient (Wildman–Crippen LogP) is 4.47. The van der Waals surface area contributed by atoms with Gasteiger partial charge in [-0.05, 0) is 23.6 Å². The van der Waals surface area contributed by atoms with Gasteiger partial charge in [-0.15, -0.1) is 0 Å². The van der Waals surface area contributed by atoms with Crippen molar-refractivity contribution in [3.63, 3.8) is 0 Å². The summed E-state index contributed by atoms with van der Waals surface area (Å²) in [6.07, 6.45) is 0.670. The first-order valence-corrected chi connectivity index (χ1v) is 10.3. The molecule has 0 radical (unpaired) electrons. The minimum absolute atomic E-state index is 0.0149. The summed E-state index contributed by atoms with van der Waals surface area (Å²) in [5.74, 6) is 2.83. The highest BCUT2D eigenvalue weighted by Gasteiger charge is 2.15. The van der Waals surface area contributed by atoms with Crippen molar-refractivity contribution in [1.29, 1.82) is 0 Å². The second-order valence-electron chi connectivity index (χ2n) is 7.72. The van der Waals surface area contributed by atoms with Crippen LogP contribution in [0.15, 0.2) is 47.0 Å². The first-order chi connectivity index (χ1) is 14.9. The third-order valence-corrected chi connectivity index (χ3v) is 5.18. The maximum Gasteiger partial charge on any atom is 0.227 e. The summed E-state index contributed by atoms with van der Waals surface area (Å²) in [7, 11) is 4.97. The number of hydrogen-bond donors (Lipinski definition) is 0. The Morgan fingerprint density at radius 2 is 1.84 bits per heavy atom. The molecule has 1 amide bonds. The van der Waals surface area contributed by atoms with Crippen LogP contribution in [0.5, 0.6) is 11.5 Å². The SMILES string of the molecule is COc1ccc(CN(C)C(=O)CCc2nc(-c3ccc(C(C)C)cc3)no2)c(OC)c1. The van der Waals surface area contributed by atoms with Crippen LogP contribution in [0.4, 0.5) is 0 Å². The van der Waals surface area contributed by atoms with Gasteiger partial charge in [0.15, 0.2) is 0 Å². The van der Waals surface area contributed by atoms with Gasteiger partial charge in [-0.2, -0.15) is 4.98 Å². The lowest BCUT2D eigenvalue weighted by atomic mass is 10.0. The molecule has 0 atom stereocenters. The van der Waals surface area contributed by atoms with Crippen LogP contribution in [-0.2, 0) is 17.8 Å². The van der Waals surface area contributed by atoms with E-state index in [1.807, 2.05) is 24.3 Å². The highest BCUT2D eigenvalue weighted by molar-refractivity contribution is 5.76. The highest BCUT2D eigenvalue weighted by Crippen LogP contribution is 2.26. The van der Waals surface area contributed by atoms with Gasteiger partial charge in [-0.1, -0.05) is 43.3 Å². The third-order valence-electron chi connectivity index (χ3n) is 5.18. The van der Waals surface area contributed by atoms with Crippen LogP contribution >= 0.6 is 0 Å². The average molecular weight is 424 g/mol. The Morgan fingerprint density at radius 3 is 2.48 bits per heavy atom. The zero-order chi connectivity index (χ0) is 22.4. The minimum Gasteiger partial charge on any atom is -0.497 e. The summed E-state index contributed by atoms with van der Waals surface area (Å²) in [5, 5.41) is 4.05. The number of nitrogens with zero attached hydrogens (tertiary/aromatic N) is 3. The molecule has 31 heavy (non-hydrogen) atoms. The van der Waals surface area contributed by atoms with Crippen molar-refractivity contribution in [3.05, 3.63) is 59.5 Å². The van der Waals surface area contributed by atoms with Gasteiger partial charge in [0.25, 0.3) is 0 Å². The topological polar surface area (TPSA) is 77.7 Å². The Bertz CT molecular complexity index is 1010. The van der Waals surface area contributed by atoms with E-state index in [-0.39, 0.29) is 12.3 Å². The van der Waals surface area contributed by atoms with E-state index in [0.717, 1.165) is 11.1 Å². The summed E-state index contributed by atoms with van der Waals surface area (Å²) in [5.41, 5.74) is 3.06. The zero-order valence-electron chi connectivity index (χ0n) is 18.7. The van der Waals surface area contributed by atoms with Crippen LogP contribution < -0.4 is 9.47 Å². The number of carbonyl (C=O) groups excluding carboxylic acids is 1. The summed E-state index contributed by atoms with van der Waals surface area (Å²) in [6.45, 7) is 4.74. The summed E-state index contributed by atoms with van der Waals surface area (Å²) < 4.78 is 16.0. The molecule has 1 aromatic heterocycles. The van der Waals surface area contributed by atoms with Crippen molar-refractivity contribution in [2.75, 3.05) is 21.3 Å². The number of methoxy groups -OCH3 is 2. The van der Waals surface area contributed by atoms with Gasteiger partial charge < -0.3 is 18.9 Å². The minimum atomic E-state index is -0.0149. The summed E-state index contributed by atoms with van der Waals surface area (Å²) >= 11 is 0. The molecule has 7 heteroatoms.